The molecule has 2 rings (SSSR count). The first-order chi connectivity index (χ1) is 13.7. The summed E-state index contributed by atoms with van der Waals surface area (Å²) >= 11 is 12.4. The highest BCUT2D eigenvalue weighted by Gasteiger charge is 2.23. The Kier molecular flexibility index (Phi) is 8.04. The lowest BCUT2D eigenvalue weighted by Crippen LogP contribution is -2.42. The first-order valence-electron chi connectivity index (χ1n) is 8.90. The van der Waals surface area contributed by atoms with Crippen LogP contribution < -0.4 is 10.6 Å². The van der Waals surface area contributed by atoms with Crippen LogP contribution in [0.5, 0.6) is 0 Å². The highest BCUT2D eigenvalue weighted by atomic mass is 35.5. The van der Waals surface area contributed by atoms with E-state index in [2.05, 4.69) is 15.7 Å². The van der Waals surface area contributed by atoms with E-state index in [9.17, 15) is 14.4 Å². The fourth-order valence-electron chi connectivity index (χ4n) is 2.38. The third kappa shape index (κ3) is 6.47. The lowest BCUT2D eigenvalue weighted by atomic mass is 10.2. The molecule has 156 valence electrons. The Labute approximate surface area is 178 Å². The molecule has 10 heteroatoms. The highest BCUT2D eigenvalue weighted by molar-refractivity contribution is 6.33. The minimum atomic E-state index is -0.810. The van der Waals surface area contributed by atoms with Crippen LogP contribution >= 0.6 is 23.2 Å². The Bertz CT molecular complexity index is 912. The fraction of sp³-hybridized carbons (Fsp3) is 0.368. The summed E-state index contributed by atoms with van der Waals surface area (Å²) in [5.74, 6) is -1.33. The molecular formula is C19H22Cl2N4O4. The lowest BCUT2D eigenvalue weighted by molar-refractivity contribution is -0.123. The van der Waals surface area contributed by atoms with Crippen molar-refractivity contribution in [2.24, 2.45) is 5.92 Å². The van der Waals surface area contributed by atoms with Gasteiger partial charge in [-0.05, 0) is 24.5 Å². The average Bonchev–Trinajstić information content (AvgIpc) is 2.93. The van der Waals surface area contributed by atoms with Crippen molar-refractivity contribution in [2.75, 3.05) is 13.2 Å². The van der Waals surface area contributed by atoms with Gasteiger partial charge in [-0.15, -0.1) is 0 Å². The number of hydrogen-bond acceptors (Lipinski definition) is 5. The van der Waals surface area contributed by atoms with Gasteiger partial charge >= 0.3 is 12.0 Å². The predicted molar refractivity (Wildman–Crippen MR) is 109 cm³/mol. The molecule has 0 aliphatic carbocycles. The predicted octanol–water partition coefficient (Wildman–Crippen LogP) is 3.19. The van der Waals surface area contributed by atoms with E-state index in [0.29, 0.717) is 17.3 Å². The Morgan fingerprint density at radius 3 is 2.55 bits per heavy atom. The molecule has 0 atom stereocenters. The number of aromatic nitrogens is 2. The van der Waals surface area contributed by atoms with Crippen molar-refractivity contribution >= 4 is 41.1 Å². The molecule has 0 saturated heterocycles. The van der Waals surface area contributed by atoms with Crippen LogP contribution in [0.25, 0.3) is 0 Å². The number of imide groups is 1. The van der Waals surface area contributed by atoms with E-state index in [-0.39, 0.29) is 23.2 Å². The van der Waals surface area contributed by atoms with Crippen molar-refractivity contribution < 1.29 is 19.1 Å². The zero-order valence-corrected chi connectivity index (χ0v) is 17.8. The number of amides is 3. The maximum atomic E-state index is 12.4. The molecule has 0 bridgehead atoms. The second-order valence-corrected chi connectivity index (χ2v) is 7.49. The van der Waals surface area contributed by atoms with Crippen molar-refractivity contribution in [1.82, 2.24) is 20.4 Å². The van der Waals surface area contributed by atoms with Crippen molar-refractivity contribution in [2.45, 2.75) is 27.3 Å². The minimum Gasteiger partial charge on any atom is -0.452 e. The number of benzene rings is 1. The number of nitrogens with zero attached hydrogens (tertiary/aromatic N) is 2. The highest BCUT2D eigenvalue weighted by Crippen LogP contribution is 2.24. The molecule has 0 fully saturated rings. The van der Waals surface area contributed by atoms with Crippen molar-refractivity contribution in [1.29, 1.82) is 0 Å². The third-order valence-corrected chi connectivity index (χ3v) is 4.56. The average molecular weight is 441 g/mol. The molecule has 3 amide bonds. The number of hydrogen-bond donors (Lipinski definition) is 2. The molecule has 8 nitrogen and oxygen atoms in total. The van der Waals surface area contributed by atoms with E-state index >= 15 is 0 Å². The van der Waals surface area contributed by atoms with Crippen LogP contribution in [-0.4, -0.2) is 40.8 Å². The molecule has 1 aromatic heterocycles. The van der Waals surface area contributed by atoms with Gasteiger partial charge in [-0.1, -0.05) is 55.2 Å². The van der Waals surface area contributed by atoms with Gasteiger partial charge in [0.2, 0.25) is 0 Å². The van der Waals surface area contributed by atoms with Crippen LogP contribution in [0.4, 0.5) is 4.79 Å². The molecule has 29 heavy (non-hydrogen) atoms. The van der Waals surface area contributed by atoms with Crippen LogP contribution in [0.1, 0.15) is 35.5 Å². The summed E-state index contributed by atoms with van der Waals surface area (Å²) in [6, 6.07) is 6.55. The standard InChI is InChI=1S/C19H22Cl2N4O4/c1-11(2)8-22-19(28)23-15(26)10-29-18(27)16-12(3)24-25(17(16)21)9-13-6-4-5-7-14(13)20/h4-7,11H,8-10H2,1-3H3,(H2,22,23,26,28). The molecule has 2 N–H and O–H groups in total. The van der Waals surface area contributed by atoms with Crippen LogP contribution in [-0.2, 0) is 16.1 Å². The number of ether oxygens (including phenoxy) is 1. The number of halogens is 2. The van der Waals surface area contributed by atoms with Gasteiger partial charge in [-0.25, -0.2) is 14.3 Å². The van der Waals surface area contributed by atoms with Gasteiger partial charge in [-0.2, -0.15) is 5.10 Å². The summed E-state index contributed by atoms with van der Waals surface area (Å²) in [6.07, 6.45) is 0. The number of urea groups is 1. The maximum Gasteiger partial charge on any atom is 0.343 e. The van der Waals surface area contributed by atoms with Crippen LogP contribution in [0.2, 0.25) is 10.2 Å². The number of carbonyl (C=O) groups excluding carboxylic acids is 3. The summed E-state index contributed by atoms with van der Waals surface area (Å²) in [5.41, 5.74) is 1.18. The van der Waals surface area contributed by atoms with E-state index in [4.69, 9.17) is 27.9 Å². The Morgan fingerprint density at radius 1 is 1.21 bits per heavy atom. The Hall–Kier alpha value is -2.58. The molecule has 0 aliphatic heterocycles. The van der Waals surface area contributed by atoms with E-state index in [1.165, 1.54) is 4.68 Å². The van der Waals surface area contributed by atoms with E-state index in [1.54, 1.807) is 19.1 Å². The normalized spacial score (nSPS) is 10.7. The third-order valence-electron chi connectivity index (χ3n) is 3.81. The van der Waals surface area contributed by atoms with Crippen molar-refractivity contribution in [3.05, 3.63) is 51.3 Å². The molecule has 0 unspecified atom stereocenters. The van der Waals surface area contributed by atoms with Crippen LogP contribution in [0, 0.1) is 12.8 Å². The van der Waals surface area contributed by atoms with Gasteiger partial charge in [0, 0.05) is 11.6 Å². The zero-order valence-electron chi connectivity index (χ0n) is 16.3. The van der Waals surface area contributed by atoms with E-state index in [0.717, 1.165) is 5.56 Å². The van der Waals surface area contributed by atoms with E-state index < -0.39 is 24.5 Å². The molecule has 0 aliphatic rings. The lowest BCUT2D eigenvalue weighted by Gasteiger charge is -2.09. The molecule has 1 heterocycles. The number of esters is 1. The summed E-state index contributed by atoms with van der Waals surface area (Å²) < 4.78 is 6.40. The number of rotatable bonds is 7. The van der Waals surface area contributed by atoms with Crippen LogP contribution in [0.15, 0.2) is 24.3 Å². The monoisotopic (exact) mass is 440 g/mol. The molecule has 0 saturated carbocycles. The van der Waals surface area contributed by atoms with Gasteiger partial charge in [-0.3, -0.25) is 10.1 Å². The minimum absolute atomic E-state index is 0.0516. The SMILES string of the molecule is Cc1nn(Cc2ccccc2Cl)c(Cl)c1C(=O)OCC(=O)NC(=O)NCC(C)C. The molecule has 0 radical (unpaired) electrons. The van der Waals surface area contributed by atoms with Crippen molar-refractivity contribution in [3.63, 3.8) is 0 Å². The summed E-state index contributed by atoms with van der Waals surface area (Å²) in [7, 11) is 0. The van der Waals surface area contributed by atoms with E-state index in [1.807, 2.05) is 26.0 Å². The Morgan fingerprint density at radius 2 is 1.90 bits per heavy atom. The Balaban J connectivity index is 1.97. The number of nitrogens with one attached hydrogen (secondary N) is 2. The smallest absolute Gasteiger partial charge is 0.343 e. The molecule has 0 spiro atoms. The summed E-state index contributed by atoms with van der Waals surface area (Å²) in [5, 5.41) is 9.47. The van der Waals surface area contributed by atoms with Gasteiger partial charge in [0.25, 0.3) is 5.91 Å². The second kappa shape index (κ2) is 10.3. The van der Waals surface area contributed by atoms with Crippen LogP contribution in [0.3, 0.4) is 0 Å². The first kappa shape index (κ1) is 22.7. The maximum absolute atomic E-state index is 12.4. The second-order valence-electron chi connectivity index (χ2n) is 6.73. The van der Waals surface area contributed by atoms with Crippen molar-refractivity contribution in [3.8, 4) is 0 Å². The molecular weight excluding hydrogens is 419 g/mol. The largest absolute Gasteiger partial charge is 0.452 e. The molecule has 1 aromatic carbocycles. The number of carbonyl (C=O) groups is 3. The zero-order chi connectivity index (χ0) is 21.6. The summed E-state index contributed by atoms with van der Waals surface area (Å²) in [6.45, 7) is 5.50. The van der Waals surface area contributed by atoms with Gasteiger partial charge in [0.05, 0.1) is 12.2 Å². The van der Waals surface area contributed by atoms with Gasteiger partial charge in [0.1, 0.15) is 10.7 Å². The topological polar surface area (TPSA) is 102 Å². The quantitative estimate of drug-likeness (QED) is 0.643. The van der Waals surface area contributed by atoms with Gasteiger partial charge in [0.15, 0.2) is 6.61 Å². The number of aryl methyl sites for hydroxylation is 1. The fourth-order valence-corrected chi connectivity index (χ4v) is 2.89. The summed E-state index contributed by atoms with van der Waals surface area (Å²) in [4.78, 5) is 35.7. The molecule has 2 aromatic rings. The first-order valence-corrected chi connectivity index (χ1v) is 9.65. The van der Waals surface area contributed by atoms with Gasteiger partial charge < -0.3 is 10.1 Å².